The zero-order valence-electron chi connectivity index (χ0n) is 51.6. The first kappa shape index (κ1) is 75.5. The van der Waals surface area contributed by atoms with Gasteiger partial charge in [0.1, 0.15) is 19.8 Å². The second-order valence-corrected chi connectivity index (χ2v) is 24.6. The number of phosphoric ester groups is 1. The number of ether oxygens (including phenoxy) is 2. The molecule has 1 N–H and O–H groups in total. The highest BCUT2D eigenvalue weighted by molar-refractivity contribution is 7.47. The van der Waals surface area contributed by atoms with Crippen LogP contribution in [0.4, 0.5) is 0 Å². The molecule has 0 bridgehead atoms. The van der Waals surface area contributed by atoms with Crippen molar-refractivity contribution < 1.29 is 42.1 Å². The Bertz CT molecular complexity index is 1550. The van der Waals surface area contributed by atoms with Crippen molar-refractivity contribution in [2.24, 2.45) is 0 Å². The second kappa shape index (κ2) is 59.1. The van der Waals surface area contributed by atoms with Gasteiger partial charge in [0.15, 0.2) is 6.10 Å². The summed E-state index contributed by atoms with van der Waals surface area (Å²) in [6.45, 7) is 4.32. The zero-order valence-corrected chi connectivity index (χ0v) is 52.5. The molecule has 0 saturated heterocycles. The number of hydrogen-bond donors (Lipinski definition) is 1. The molecule has 0 spiro atoms. The van der Waals surface area contributed by atoms with Crippen molar-refractivity contribution in [2.45, 2.75) is 302 Å². The molecular weight excluding hydrogens is 990 g/mol. The minimum Gasteiger partial charge on any atom is -0.462 e. The van der Waals surface area contributed by atoms with Gasteiger partial charge in [-0.05, 0) is 83.5 Å². The van der Waals surface area contributed by atoms with E-state index in [1.165, 1.54) is 186 Å². The van der Waals surface area contributed by atoms with Crippen LogP contribution in [-0.2, 0) is 32.7 Å². The van der Waals surface area contributed by atoms with Crippen LogP contribution in [-0.4, -0.2) is 74.9 Å². The van der Waals surface area contributed by atoms with Crippen molar-refractivity contribution in [2.75, 3.05) is 47.5 Å². The van der Waals surface area contributed by atoms with Crippen molar-refractivity contribution in [3.8, 4) is 0 Å². The summed E-state index contributed by atoms with van der Waals surface area (Å²) >= 11 is 0. The van der Waals surface area contributed by atoms with Gasteiger partial charge in [-0.15, -0.1) is 0 Å². The van der Waals surface area contributed by atoms with E-state index in [-0.39, 0.29) is 32.0 Å². The van der Waals surface area contributed by atoms with Crippen LogP contribution in [0.3, 0.4) is 0 Å². The Labute approximate surface area is 482 Å². The Hall–Kier alpha value is -2.55. The second-order valence-electron chi connectivity index (χ2n) is 23.1. The van der Waals surface area contributed by atoms with E-state index in [0.717, 1.165) is 77.0 Å². The maximum absolute atomic E-state index is 12.8. The van der Waals surface area contributed by atoms with Crippen molar-refractivity contribution in [3.05, 3.63) is 72.9 Å². The standard InChI is InChI=1S/C68H124NO8P/c1-6-8-10-12-14-16-18-20-22-24-25-26-27-28-29-30-31-32-33-34-35-36-37-38-39-40-41-42-43-45-47-49-51-53-55-57-59-61-68(71)77-66(65-76-78(72,73)75-63-62-69(3,4)5)64-74-67(70)60-58-56-54-52-50-48-46-44-23-21-19-17-15-13-11-9-7-2/h8,10,14-17,20-23,25-26,66H,6-7,9,11-13,18-19,24,27-65H2,1-5H3/p+1/b10-8-,16-14-,17-15-,22-20-,23-21-,26-25-. The molecule has 0 aliphatic heterocycles. The molecule has 0 heterocycles. The molecule has 454 valence electrons. The SMILES string of the molecule is CC/C=C\C/C=C\C/C=C\C/C=C\CCCCCCCCCCCCCCCCCCCCCCCCCCC(=O)OC(COC(=O)CCCCCCCCC/C=C\C/C=C\CCCCC)COP(=O)(O)OCC[N+](C)(C)C. The molecule has 0 fully saturated rings. The number of quaternary nitrogens is 1. The van der Waals surface area contributed by atoms with Crippen LogP contribution in [0.15, 0.2) is 72.9 Å². The predicted octanol–water partition coefficient (Wildman–Crippen LogP) is 20.8. The number of carbonyl (C=O) groups excluding carboxylic acids is 2. The third-order valence-corrected chi connectivity index (χ3v) is 15.2. The van der Waals surface area contributed by atoms with Gasteiger partial charge in [-0.3, -0.25) is 18.6 Å². The smallest absolute Gasteiger partial charge is 0.462 e. The Morgan fingerprint density at radius 2 is 0.731 bits per heavy atom. The molecule has 0 rings (SSSR count). The lowest BCUT2D eigenvalue weighted by Gasteiger charge is -2.24. The first-order chi connectivity index (χ1) is 38.0. The van der Waals surface area contributed by atoms with Gasteiger partial charge in [0, 0.05) is 12.8 Å². The number of esters is 2. The predicted molar refractivity (Wildman–Crippen MR) is 335 cm³/mol. The fraction of sp³-hybridized carbons (Fsp3) is 0.794. The summed E-state index contributed by atoms with van der Waals surface area (Å²) < 4.78 is 34.6. The summed E-state index contributed by atoms with van der Waals surface area (Å²) in [5.74, 6) is -0.796. The number of rotatable bonds is 60. The quantitative estimate of drug-likeness (QED) is 0.0211. The summed E-state index contributed by atoms with van der Waals surface area (Å²) in [4.78, 5) is 35.7. The van der Waals surface area contributed by atoms with E-state index in [0.29, 0.717) is 17.4 Å². The fourth-order valence-corrected chi connectivity index (χ4v) is 9.96. The van der Waals surface area contributed by atoms with Crippen LogP contribution in [0.25, 0.3) is 0 Å². The maximum Gasteiger partial charge on any atom is 0.472 e. The molecule has 78 heavy (non-hydrogen) atoms. The first-order valence-electron chi connectivity index (χ1n) is 32.7. The Balaban J connectivity index is 3.96. The molecule has 0 aliphatic carbocycles. The number of nitrogens with zero attached hydrogens (tertiary/aromatic N) is 1. The van der Waals surface area contributed by atoms with Crippen LogP contribution < -0.4 is 0 Å². The Morgan fingerprint density at radius 1 is 0.410 bits per heavy atom. The van der Waals surface area contributed by atoms with E-state index in [9.17, 15) is 19.0 Å². The van der Waals surface area contributed by atoms with Gasteiger partial charge in [-0.2, -0.15) is 0 Å². The van der Waals surface area contributed by atoms with Gasteiger partial charge >= 0.3 is 19.8 Å². The molecular formula is C68H125NO8P+. The van der Waals surface area contributed by atoms with E-state index in [2.05, 4.69) is 86.8 Å². The Kier molecular flexibility index (Phi) is 57.2. The number of allylic oxidation sites excluding steroid dienone is 12. The summed E-state index contributed by atoms with van der Waals surface area (Å²) in [6.07, 6.45) is 78.6. The Morgan fingerprint density at radius 3 is 1.09 bits per heavy atom. The molecule has 0 amide bonds. The number of likely N-dealkylation sites (N-methyl/N-ethyl adjacent to an activating group) is 1. The third-order valence-electron chi connectivity index (χ3n) is 14.2. The number of phosphoric acid groups is 1. The monoisotopic (exact) mass is 1110 g/mol. The molecule has 0 saturated carbocycles. The molecule has 0 aromatic carbocycles. The van der Waals surface area contributed by atoms with Gasteiger partial charge in [0.05, 0.1) is 27.7 Å². The highest BCUT2D eigenvalue weighted by atomic mass is 31.2. The molecule has 2 atom stereocenters. The van der Waals surface area contributed by atoms with E-state index >= 15 is 0 Å². The third kappa shape index (κ3) is 62.6. The highest BCUT2D eigenvalue weighted by Crippen LogP contribution is 2.43. The topological polar surface area (TPSA) is 108 Å². The summed E-state index contributed by atoms with van der Waals surface area (Å²) in [5, 5.41) is 0. The van der Waals surface area contributed by atoms with Gasteiger partial charge in [0.25, 0.3) is 0 Å². The zero-order chi connectivity index (χ0) is 57.0. The van der Waals surface area contributed by atoms with Crippen LogP contribution >= 0.6 is 7.82 Å². The van der Waals surface area contributed by atoms with E-state index in [4.69, 9.17) is 18.5 Å². The largest absolute Gasteiger partial charge is 0.472 e. The molecule has 9 nitrogen and oxygen atoms in total. The minimum absolute atomic E-state index is 0.0304. The fourth-order valence-electron chi connectivity index (χ4n) is 9.22. The van der Waals surface area contributed by atoms with E-state index in [1.807, 2.05) is 21.1 Å². The van der Waals surface area contributed by atoms with E-state index in [1.54, 1.807) is 0 Å². The van der Waals surface area contributed by atoms with Gasteiger partial charge in [0.2, 0.25) is 0 Å². The average Bonchev–Trinajstić information content (AvgIpc) is 3.41. The lowest BCUT2D eigenvalue weighted by atomic mass is 10.0. The van der Waals surface area contributed by atoms with Crippen molar-refractivity contribution in [3.63, 3.8) is 0 Å². The minimum atomic E-state index is -4.39. The van der Waals surface area contributed by atoms with Gasteiger partial charge in [-0.1, -0.05) is 273 Å². The lowest BCUT2D eigenvalue weighted by molar-refractivity contribution is -0.870. The highest BCUT2D eigenvalue weighted by Gasteiger charge is 2.27. The van der Waals surface area contributed by atoms with E-state index < -0.39 is 26.5 Å². The maximum atomic E-state index is 12.8. The summed E-state index contributed by atoms with van der Waals surface area (Å²) in [6, 6.07) is 0. The van der Waals surface area contributed by atoms with Crippen LogP contribution in [0.5, 0.6) is 0 Å². The molecule has 0 aromatic heterocycles. The molecule has 2 unspecified atom stereocenters. The molecule has 10 heteroatoms. The van der Waals surface area contributed by atoms with Crippen molar-refractivity contribution >= 4 is 19.8 Å². The summed E-state index contributed by atoms with van der Waals surface area (Å²) in [5.41, 5.74) is 0. The van der Waals surface area contributed by atoms with Crippen molar-refractivity contribution in [1.29, 1.82) is 0 Å². The molecule has 0 aromatic rings. The average molecular weight is 1120 g/mol. The summed E-state index contributed by atoms with van der Waals surface area (Å²) in [7, 11) is 1.48. The van der Waals surface area contributed by atoms with Gasteiger partial charge < -0.3 is 18.9 Å². The van der Waals surface area contributed by atoms with Crippen LogP contribution in [0, 0.1) is 0 Å². The number of carbonyl (C=O) groups is 2. The molecule has 0 aliphatic rings. The first-order valence-corrected chi connectivity index (χ1v) is 34.2. The molecule has 0 radical (unpaired) electrons. The van der Waals surface area contributed by atoms with Crippen molar-refractivity contribution in [1.82, 2.24) is 0 Å². The van der Waals surface area contributed by atoms with Crippen LogP contribution in [0.1, 0.15) is 296 Å². The number of hydrogen-bond acceptors (Lipinski definition) is 7. The normalized spacial score (nSPS) is 13.7. The lowest BCUT2D eigenvalue weighted by Crippen LogP contribution is -2.37. The van der Waals surface area contributed by atoms with Crippen LogP contribution in [0.2, 0.25) is 0 Å². The number of unbranched alkanes of at least 4 members (excludes halogenated alkanes) is 34. The van der Waals surface area contributed by atoms with Gasteiger partial charge in [-0.25, -0.2) is 4.57 Å².